The largest absolute Gasteiger partial charge is 0.449 e. The van der Waals surface area contributed by atoms with Gasteiger partial charge in [0.05, 0.1) is 16.9 Å². The molecule has 4 aromatic rings. The van der Waals surface area contributed by atoms with Crippen LogP contribution in [-0.4, -0.2) is 48.2 Å². The van der Waals surface area contributed by atoms with E-state index in [1.807, 2.05) is 0 Å². The number of halogens is 3. The van der Waals surface area contributed by atoms with E-state index >= 15 is 0 Å². The second-order valence-corrected chi connectivity index (χ2v) is 9.26. The molecule has 9 nitrogen and oxygen atoms in total. The molecule has 2 aromatic carbocycles. The molecule has 1 N–H and O–H groups in total. The summed E-state index contributed by atoms with van der Waals surface area (Å²) in [5, 5.41) is 2.91. The van der Waals surface area contributed by atoms with Gasteiger partial charge < -0.3 is 9.47 Å². The average Bonchev–Trinajstić information content (AvgIpc) is 3.40. The number of alkyl halides is 3. The number of benzene rings is 2. The maximum atomic E-state index is 13.9. The molecule has 3 amide bonds. The highest BCUT2D eigenvalue weighted by Gasteiger charge is 2.41. The van der Waals surface area contributed by atoms with Gasteiger partial charge in [-0.05, 0) is 36.2 Å². The summed E-state index contributed by atoms with van der Waals surface area (Å²) in [6, 6.07) is 9.03. The van der Waals surface area contributed by atoms with Crippen molar-refractivity contribution in [3.63, 3.8) is 0 Å². The molecular formula is C26H19F3N6O3. The lowest BCUT2D eigenvalue weighted by molar-refractivity contribution is -0.146. The van der Waals surface area contributed by atoms with E-state index < -0.39 is 23.9 Å². The number of imidazole rings is 1. The Labute approximate surface area is 213 Å². The molecule has 1 saturated heterocycles. The van der Waals surface area contributed by atoms with E-state index in [1.165, 1.54) is 18.3 Å². The third kappa shape index (κ3) is 3.80. The Kier molecular flexibility index (Phi) is 5.30. The van der Waals surface area contributed by atoms with Gasteiger partial charge in [0.2, 0.25) is 17.6 Å². The molecular weight excluding hydrogens is 501 g/mol. The first-order valence-electron chi connectivity index (χ1n) is 11.7. The smallest absolute Gasteiger partial charge is 0.323 e. The van der Waals surface area contributed by atoms with Crippen LogP contribution in [0.4, 0.5) is 13.2 Å². The zero-order chi connectivity index (χ0) is 26.8. The minimum Gasteiger partial charge on any atom is -0.323 e. The minimum atomic E-state index is -4.70. The predicted octanol–water partition coefficient (Wildman–Crippen LogP) is 3.48. The third-order valence-corrected chi connectivity index (χ3v) is 6.92. The minimum absolute atomic E-state index is 0.0931. The molecule has 1 unspecified atom stereocenters. The van der Waals surface area contributed by atoms with Crippen LogP contribution >= 0.6 is 0 Å². The number of rotatable bonds is 3. The number of imide groups is 1. The second kappa shape index (κ2) is 8.47. The van der Waals surface area contributed by atoms with Crippen molar-refractivity contribution in [3.8, 4) is 22.5 Å². The fraction of sp³-hybridized carbons (Fsp3) is 0.231. The maximum absolute atomic E-state index is 13.9. The van der Waals surface area contributed by atoms with Crippen molar-refractivity contribution in [3.05, 3.63) is 65.9 Å². The number of nitrogens with zero attached hydrogens (tertiary/aromatic N) is 5. The van der Waals surface area contributed by atoms with Crippen LogP contribution in [0.3, 0.4) is 0 Å². The Balaban J connectivity index is 1.44. The van der Waals surface area contributed by atoms with Crippen molar-refractivity contribution in [2.24, 2.45) is 7.05 Å². The average molecular weight is 520 g/mol. The summed E-state index contributed by atoms with van der Waals surface area (Å²) in [4.78, 5) is 50.5. The van der Waals surface area contributed by atoms with E-state index in [0.29, 0.717) is 33.2 Å². The van der Waals surface area contributed by atoms with E-state index in [-0.39, 0.29) is 42.6 Å². The highest BCUT2D eigenvalue weighted by molar-refractivity contribution is 6.05. The number of aromatic nitrogens is 4. The summed E-state index contributed by atoms with van der Waals surface area (Å²) in [6.07, 6.45) is -1.39. The molecule has 0 spiro atoms. The second-order valence-electron chi connectivity index (χ2n) is 9.26. The third-order valence-electron chi connectivity index (χ3n) is 6.92. The monoisotopic (exact) mass is 520 g/mol. The lowest BCUT2D eigenvalue weighted by atomic mass is 10.00. The van der Waals surface area contributed by atoms with E-state index in [2.05, 4.69) is 20.3 Å². The fourth-order valence-corrected chi connectivity index (χ4v) is 5.14. The zero-order valence-electron chi connectivity index (χ0n) is 19.9. The number of fused-ring (bicyclic) bond motifs is 2. The van der Waals surface area contributed by atoms with Crippen LogP contribution in [-0.2, 0) is 29.4 Å². The molecule has 2 aliphatic rings. The highest BCUT2D eigenvalue weighted by Crippen LogP contribution is 2.40. The van der Waals surface area contributed by atoms with E-state index in [9.17, 15) is 27.6 Å². The Morgan fingerprint density at radius 1 is 1.05 bits per heavy atom. The Morgan fingerprint density at radius 2 is 1.84 bits per heavy atom. The van der Waals surface area contributed by atoms with Crippen molar-refractivity contribution < 1.29 is 27.6 Å². The van der Waals surface area contributed by atoms with Crippen LogP contribution in [0.15, 0.2) is 48.9 Å². The van der Waals surface area contributed by atoms with Gasteiger partial charge >= 0.3 is 6.18 Å². The molecule has 2 aliphatic heterocycles. The number of hydrogen-bond acceptors (Lipinski definition) is 6. The summed E-state index contributed by atoms with van der Waals surface area (Å²) in [5.41, 5.74) is 2.80. The molecule has 6 rings (SSSR count). The molecule has 0 bridgehead atoms. The molecule has 2 aromatic heterocycles. The Hall–Kier alpha value is -4.61. The van der Waals surface area contributed by atoms with Crippen molar-refractivity contribution >= 4 is 28.6 Å². The quantitative estimate of drug-likeness (QED) is 0.415. The molecule has 12 heteroatoms. The Bertz CT molecular complexity index is 1660. The first kappa shape index (κ1) is 23.8. The number of piperidine rings is 1. The summed E-state index contributed by atoms with van der Waals surface area (Å²) < 4.78 is 42.7. The highest BCUT2D eigenvalue weighted by atomic mass is 19.4. The standard InChI is InChI=1S/C26H19F3N6O3/c1-34-22(14-3-5-18-15(9-14)10-30-12-31-18)21(33-25(34)26(27,28)29)13-2-4-17-16(8-13)11-35(24(17)38)19-6-7-20(36)32-23(19)37/h2-5,8-10,12,19H,6-7,11H2,1H3,(H,32,36,37). The van der Waals surface area contributed by atoms with Crippen LogP contribution < -0.4 is 5.32 Å². The fourth-order valence-electron chi connectivity index (χ4n) is 5.14. The molecule has 1 fully saturated rings. The summed E-state index contributed by atoms with van der Waals surface area (Å²) in [6.45, 7) is 0.0931. The van der Waals surface area contributed by atoms with Crippen molar-refractivity contribution in [1.29, 1.82) is 0 Å². The molecule has 0 aliphatic carbocycles. The van der Waals surface area contributed by atoms with Crippen LogP contribution in [0, 0.1) is 0 Å². The molecule has 4 heterocycles. The summed E-state index contributed by atoms with van der Waals surface area (Å²) in [7, 11) is 1.31. The number of amides is 3. The van der Waals surface area contributed by atoms with Gasteiger partial charge in [0.25, 0.3) is 5.91 Å². The van der Waals surface area contributed by atoms with Gasteiger partial charge in [-0.25, -0.2) is 15.0 Å². The van der Waals surface area contributed by atoms with Crippen molar-refractivity contribution in [2.75, 3.05) is 0 Å². The SMILES string of the molecule is Cn1c(C(F)(F)F)nc(-c2ccc3c(c2)CN(C2CCC(=O)NC2=O)C3=O)c1-c1ccc2ncncc2c1. The number of hydrogen-bond donors (Lipinski definition) is 1. The summed E-state index contributed by atoms with van der Waals surface area (Å²) in [5.74, 6) is -2.35. The van der Waals surface area contributed by atoms with Gasteiger partial charge in [0, 0.05) is 48.3 Å². The lowest BCUT2D eigenvalue weighted by Gasteiger charge is -2.29. The van der Waals surface area contributed by atoms with Gasteiger partial charge in [-0.3, -0.25) is 19.7 Å². The number of carbonyl (C=O) groups is 3. The topological polar surface area (TPSA) is 110 Å². The molecule has 1 atom stereocenters. The van der Waals surface area contributed by atoms with Crippen LogP contribution in [0.2, 0.25) is 0 Å². The van der Waals surface area contributed by atoms with Gasteiger partial charge in [0.15, 0.2) is 0 Å². The number of nitrogens with one attached hydrogen (secondary N) is 1. The van der Waals surface area contributed by atoms with E-state index in [0.717, 1.165) is 4.57 Å². The lowest BCUT2D eigenvalue weighted by Crippen LogP contribution is -2.52. The first-order valence-corrected chi connectivity index (χ1v) is 11.7. The Morgan fingerprint density at radius 3 is 2.61 bits per heavy atom. The van der Waals surface area contributed by atoms with E-state index in [1.54, 1.807) is 42.6 Å². The van der Waals surface area contributed by atoms with Crippen molar-refractivity contribution in [1.82, 2.24) is 29.7 Å². The maximum Gasteiger partial charge on any atom is 0.449 e. The molecule has 192 valence electrons. The molecule has 0 radical (unpaired) electrons. The van der Waals surface area contributed by atoms with Crippen molar-refractivity contribution in [2.45, 2.75) is 31.6 Å². The van der Waals surface area contributed by atoms with Gasteiger partial charge in [-0.15, -0.1) is 0 Å². The van der Waals surface area contributed by atoms with Gasteiger partial charge in [-0.2, -0.15) is 13.2 Å². The van der Waals surface area contributed by atoms with Gasteiger partial charge in [-0.1, -0.05) is 12.1 Å². The first-order chi connectivity index (χ1) is 18.1. The molecule has 0 saturated carbocycles. The van der Waals surface area contributed by atoms with E-state index in [4.69, 9.17) is 0 Å². The zero-order valence-corrected chi connectivity index (χ0v) is 19.9. The van der Waals surface area contributed by atoms with Crippen LogP contribution in [0.5, 0.6) is 0 Å². The van der Waals surface area contributed by atoms with Gasteiger partial charge in [0.1, 0.15) is 12.4 Å². The summed E-state index contributed by atoms with van der Waals surface area (Å²) >= 11 is 0. The predicted molar refractivity (Wildman–Crippen MR) is 128 cm³/mol. The van der Waals surface area contributed by atoms with Crippen LogP contribution in [0.25, 0.3) is 33.4 Å². The number of carbonyl (C=O) groups excluding carboxylic acids is 3. The molecule has 38 heavy (non-hydrogen) atoms. The van der Waals surface area contributed by atoms with Crippen LogP contribution in [0.1, 0.15) is 34.6 Å². The normalized spacial score (nSPS) is 17.7.